The van der Waals surface area contributed by atoms with E-state index in [1.54, 1.807) is 12.4 Å². The smallest absolute Gasteiger partial charge is 0.377 e. The van der Waals surface area contributed by atoms with Crippen molar-refractivity contribution < 1.29 is 26.3 Å². The molecule has 1 aromatic rings. The van der Waals surface area contributed by atoms with Crippen molar-refractivity contribution in [2.45, 2.75) is 50.8 Å². The Labute approximate surface area is 197 Å². The summed E-state index contributed by atoms with van der Waals surface area (Å²) < 4.78 is 68.3. The molecular weight excluding hydrogens is 481 g/mol. The van der Waals surface area contributed by atoms with Gasteiger partial charge in [0.25, 0.3) is 0 Å². The van der Waals surface area contributed by atoms with Gasteiger partial charge >= 0.3 is 6.18 Å². The number of hydrogen-bond acceptors (Lipinski definition) is 6. The fourth-order valence-corrected chi connectivity index (χ4v) is 6.65. The summed E-state index contributed by atoms with van der Waals surface area (Å²) in [7, 11) is -3.89. The van der Waals surface area contributed by atoms with Gasteiger partial charge in [-0.3, -0.25) is 0 Å². The maximum atomic E-state index is 12.4. The largest absolute Gasteiger partial charge is 0.390 e. The van der Waals surface area contributed by atoms with Crippen LogP contribution in [0.2, 0.25) is 5.02 Å². The van der Waals surface area contributed by atoms with E-state index in [0.717, 1.165) is 42.6 Å². The van der Waals surface area contributed by atoms with E-state index in [2.05, 4.69) is 14.9 Å². The number of piperidine rings is 1. The summed E-state index contributed by atoms with van der Waals surface area (Å²) in [4.78, 5) is 10.8. The highest BCUT2D eigenvalue weighted by molar-refractivity contribution is 7.89. The molecule has 1 unspecified atom stereocenters. The lowest BCUT2D eigenvalue weighted by atomic mass is 9.90. The molecular formula is C21H30ClF3N4O3S. The molecule has 3 heterocycles. The topological polar surface area (TPSA) is 75.6 Å². The van der Waals surface area contributed by atoms with Gasteiger partial charge in [-0.05, 0) is 49.9 Å². The molecule has 2 aliphatic heterocycles. The summed E-state index contributed by atoms with van der Waals surface area (Å²) in [6, 6.07) is 0. The van der Waals surface area contributed by atoms with Gasteiger partial charge in [0.2, 0.25) is 16.0 Å². The number of halogens is 4. The Bertz CT molecular complexity index is 895. The maximum Gasteiger partial charge on any atom is 0.390 e. The highest BCUT2D eigenvalue weighted by Gasteiger charge is 2.43. The van der Waals surface area contributed by atoms with Crippen molar-refractivity contribution in [2.24, 2.45) is 17.8 Å². The molecule has 0 N–H and O–H groups in total. The van der Waals surface area contributed by atoms with Crippen molar-refractivity contribution in [3.63, 3.8) is 0 Å². The molecule has 0 amide bonds. The van der Waals surface area contributed by atoms with Crippen LogP contribution in [0.1, 0.15) is 38.5 Å². The van der Waals surface area contributed by atoms with Crippen LogP contribution in [-0.4, -0.2) is 73.5 Å². The molecule has 0 bridgehead atoms. The Balaban J connectivity index is 1.12. The highest BCUT2D eigenvalue weighted by atomic mass is 35.5. The second-order valence-electron chi connectivity index (χ2n) is 9.29. The molecule has 7 nitrogen and oxygen atoms in total. The first-order chi connectivity index (χ1) is 15.6. The number of rotatable bonds is 9. The Morgan fingerprint density at radius 1 is 1.12 bits per heavy atom. The standard InChI is InChI=1S/C21H30ClF3N4O3S/c22-17-12-26-20(27-13-17)28-6-1-15(2-7-28)19-11-16(19)4-9-32-18-3-8-29(14-18)33(30,31)10-5-21(23,24)25/h12-13,15-16,18-19H,1-11,14H2/t16?,18-,19+/m0/s1. The van der Waals surface area contributed by atoms with E-state index in [-0.39, 0.29) is 19.2 Å². The van der Waals surface area contributed by atoms with E-state index in [1.807, 2.05) is 0 Å². The molecule has 0 radical (unpaired) electrons. The summed E-state index contributed by atoms with van der Waals surface area (Å²) in [5.41, 5.74) is 0. The zero-order valence-corrected chi connectivity index (χ0v) is 20.0. The molecule has 1 saturated carbocycles. The predicted molar refractivity (Wildman–Crippen MR) is 119 cm³/mol. The number of hydrogen-bond donors (Lipinski definition) is 0. The van der Waals surface area contributed by atoms with E-state index >= 15 is 0 Å². The first-order valence-electron chi connectivity index (χ1n) is 11.5. The van der Waals surface area contributed by atoms with Crippen LogP contribution in [-0.2, 0) is 14.8 Å². The van der Waals surface area contributed by atoms with Gasteiger partial charge in [0, 0.05) is 32.8 Å². The minimum Gasteiger partial charge on any atom is -0.377 e. The van der Waals surface area contributed by atoms with E-state index < -0.39 is 28.4 Å². The lowest BCUT2D eigenvalue weighted by molar-refractivity contribution is -0.130. The van der Waals surface area contributed by atoms with Crippen LogP contribution >= 0.6 is 11.6 Å². The third-order valence-corrected chi connectivity index (χ3v) is 9.03. The van der Waals surface area contributed by atoms with Gasteiger partial charge in [0.15, 0.2) is 0 Å². The van der Waals surface area contributed by atoms with E-state index in [0.29, 0.717) is 35.8 Å². The molecule has 33 heavy (non-hydrogen) atoms. The molecule has 3 aliphatic rings. The summed E-state index contributed by atoms with van der Waals surface area (Å²) in [5, 5.41) is 0.532. The Kier molecular flexibility index (Phi) is 7.72. The van der Waals surface area contributed by atoms with Crippen LogP contribution < -0.4 is 4.90 Å². The average Bonchev–Trinajstić information content (AvgIpc) is 3.37. The quantitative estimate of drug-likeness (QED) is 0.503. The number of sulfonamides is 1. The summed E-state index contributed by atoms with van der Waals surface area (Å²) >= 11 is 5.86. The fourth-order valence-electron chi connectivity index (χ4n) is 5.02. The Morgan fingerprint density at radius 2 is 1.82 bits per heavy atom. The monoisotopic (exact) mass is 510 g/mol. The number of anilines is 1. The minimum absolute atomic E-state index is 0.152. The van der Waals surface area contributed by atoms with Gasteiger partial charge in [-0.1, -0.05) is 11.6 Å². The zero-order valence-electron chi connectivity index (χ0n) is 18.4. The van der Waals surface area contributed by atoms with Crippen LogP contribution in [0.25, 0.3) is 0 Å². The third-order valence-electron chi connectivity index (χ3n) is 7.00. The van der Waals surface area contributed by atoms with Crippen molar-refractivity contribution in [3.05, 3.63) is 17.4 Å². The summed E-state index contributed by atoms with van der Waals surface area (Å²) in [6.07, 6.45) is 2.13. The molecule has 0 spiro atoms. The normalized spacial score (nSPS) is 27.3. The van der Waals surface area contributed by atoms with Gasteiger partial charge in [0.1, 0.15) is 0 Å². The highest BCUT2D eigenvalue weighted by Crippen LogP contribution is 2.50. The van der Waals surface area contributed by atoms with Crippen molar-refractivity contribution in [3.8, 4) is 0 Å². The van der Waals surface area contributed by atoms with Crippen LogP contribution in [0.5, 0.6) is 0 Å². The van der Waals surface area contributed by atoms with Gasteiger partial charge in [-0.2, -0.15) is 17.5 Å². The number of ether oxygens (including phenoxy) is 1. The molecule has 2 saturated heterocycles. The predicted octanol–water partition coefficient (Wildman–Crippen LogP) is 3.75. The van der Waals surface area contributed by atoms with Crippen LogP contribution in [0.15, 0.2) is 12.4 Å². The molecule has 3 fully saturated rings. The van der Waals surface area contributed by atoms with Crippen LogP contribution in [0, 0.1) is 17.8 Å². The average molecular weight is 511 g/mol. The van der Waals surface area contributed by atoms with Crippen molar-refractivity contribution in [1.82, 2.24) is 14.3 Å². The lowest BCUT2D eigenvalue weighted by Gasteiger charge is -2.32. The Hall–Kier alpha value is -1.17. The molecule has 4 rings (SSSR count). The van der Waals surface area contributed by atoms with Crippen LogP contribution in [0.3, 0.4) is 0 Å². The third kappa shape index (κ3) is 6.93. The number of nitrogens with zero attached hydrogens (tertiary/aromatic N) is 4. The molecule has 1 aromatic heterocycles. The molecule has 1 aliphatic carbocycles. The fraction of sp³-hybridized carbons (Fsp3) is 0.810. The lowest BCUT2D eigenvalue weighted by Crippen LogP contribution is -2.35. The van der Waals surface area contributed by atoms with Crippen molar-refractivity contribution in [2.75, 3.05) is 43.4 Å². The van der Waals surface area contributed by atoms with E-state index in [1.165, 1.54) is 6.42 Å². The summed E-state index contributed by atoms with van der Waals surface area (Å²) in [6.45, 7) is 2.82. The molecule has 0 aromatic carbocycles. The van der Waals surface area contributed by atoms with Gasteiger partial charge in [-0.25, -0.2) is 18.4 Å². The maximum absolute atomic E-state index is 12.4. The first-order valence-corrected chi connectivity index (χ1v) is 13.5. The van der Waals surface area contributed by atoms with Gasteiger partial charge < -0.3 is 9.64 Å². The minimum atomic E-state index is -4.47. The van der Waals surface area contributed by atoms with Crippen molar-refractivity contribution in [1.29, 1.82) is 0 Å². The second kappa shape index (κ2) is 10.2. The molecule has 12 heteroatoms. The first kappa shape index (κ1) is 24.9. The molecule has 3 atom stereocenters. The Morgan fingerprint density at radius 3 is 2.48 bits per heavy atom. The summed E-state index contributed by atoms with van der Waals surface area (Å²) in [5.74, 6) is 1.88. The zero-order chi connectivity index (χ0) is 23.6. The van der Waals surface area contributed by atoms with Crippen LogP contribution in [0.4, 0.5) is 19.1 Å². The van der Waals surface area contributed by atoms with E-state index in [4.69, 9.17) is 16.3 Å². The number of aromatic nitrogens is 2. The SMILES string of the molecule is O=S(=O)(CCC(F)(F)F)N1CC[C@H](OCCC2C[C@@H]2C2CCN(c3ncc(Cl)cn3)CC2)C1. The van der Waals surface area contributed by atoms with Gasteiger partial charge in [-0.15, -0.1) is 0 Å². The molecule has 186 valence electrons. The van der Waals surface area contributed by atoms with Gasteiger partial charge in [0.05, 0.1) is 35.7 Å². The second-order valence-corrected chi connectivity index (χ2v) is 11.8. The van der Waals surface area contributed by atoms with Crippen molar-refractivity contribution >= 4 is 27.6 Å². The number of alkyl halides is 3. The van der Waals surface area contributed by atoms with E-state index in [9.17, 15) is 21.6 Å².